The van der Waals surface area contributed by atoms with Crippen molar-refractivity contribution in [1.82, 2.24) is 4.98 Å². The molecule has 0 amide bonds. The van der Waals surface area contributed by atoms with E-state index in [4.69, 9.17) is 0 Å². The Morgan fingerprint density at radius 2 is 2.33 bits per heavy atom. The minimum absolute atomic E-state index is 0.0412. The zero-order valence-corrected chi connectivity index (χ0v) is 10.3. The van der Waals surface area contributed by atoms with Gasteiger partial charge in [-0.25, -0.2) is 4.98 Å². The molecule has 15 heavy (non-hydrogen) atoms. The van der Waals surface area contributed by atoms with E-state index in [1.807, 2.05) is 30.9 Å². The standard InChI is InChI=1S/C11H18N2OS/c1-9(8-15-3)13(2)11-10(7-14)5-4-6-12-11/h4-6,9,14H,7-8H2,1-3H3. The maximum atomic E-state index is 9.21. The second kappa shape index (κ2) is 5.98. The molecule has 1 rings (SSSR count). The van der Waals surface area contributed by atoms with Crippen LogP contribution in [0, 0.1) is 0 Å². The molecule has 0 bridgehead atoms. The Balaban J connectivity index is 2.84. The van der Waals surface area contributed by atoms with Gasteiger partial charge >= 0.3 is 0 Å². The molecular weight excluding hydrogens is 208 g/mol. The van der Waals surface area contributed by atoms with Gasteiger partial charge in [0.1, 0.15) is 5.82 Å². The Kier molecular flexibility index (Phi) is 4.91. The summed E-state index contributed by atoms with van der Waals surface area (Å²) in [6.45, 7) is 2.20. The molecule has 1 atom stereocenters. The van der Waals surface area contributed by atoms with Gasteiger partial charge in [-0.05, 0) is 19.2 Å². The van der Waals surface area contributed by atoms with Gasteiger partial charge in [0.2, 0.25) is 0 Å². The van der Waals surface area contributed by atoms with E-state index in [1.54, 1.807) is 6.20 Å². The lowest BCUT2D eigenvalue weighted by Gasteiger charge is -2.26. The molecule has 0 aromatic carbocycles. The smallest absolute Gasteiger partial charge is 0.134 e. The summed E-state index contributed by atoms with van der Waals surface area (Å²) in [7, 11) is 2.02. The number of rotatable bonds is 5. The van der Waals surface area contributed by atoms with E-state index in [2.05, 4.69) is 23.1 Å². The summed E-state index contributed by atoms with van der Waals surface area (Å²) in [5, 5.41) is 9.21. The van der Waals surface area contributed by atoms with E-state index in [1.165, 1.54) is 0 Å². The van der Waals surface area contributed by atoms with Crippen LogP contribution in [-0.4, -0.2) is 35.2 Å². The molecule has 0 saturated heterocycles. The van der Waals surface area contributed by atoms with Crippen LogP contribution in [-0.2, 0) is 6.61 Å². The highest BCUT2D eigenvalue weighted by molar-refractivity contribution is 7.98. The van der Waals surface area contributed by atoms with Crippen LogP contribution in [0.5, 0.6) is 0 Å². The third-order valence-electron chi connectivity index (χ3n) is 2.44. The number of aliphatic hydroxyl groups is 1. The van der Waals surface area contributed by atoms with Gasteiger partial charge in [-0.1, -0.05) is 6.07 Å². The van der Waals surface area contributed by atoms with Gasteiger partial charge in [-0.3, -0.25) is 0 Å². The molecule has 1 unspecified atom stereocenters. The van der Waals surface area contributed by atoms with Crippen molar-refractivity contribution in [2.75, 3.05) is 24.0 Å². The zero-order chi connectivity index (χ0) is 11.3. The fourth-order valence-corrected chi connectivity index (χ4v) is 2.14. The SMILES string of the molecule is CSCC(C)N(C)c1ncccc1CO. The van der Waals surface area contributed by atoms with Crippen LogP contribution >= 0.6 is 11.8 Å². The molecular formula is C11H18N2OS. The summed E-state index contributed by atoms with van der Waals surface area (Å²) in [6.07, 6.45) is 3.85. The van der Waals surface area contributed by atoms with Gasteiger partial charge in [0.15, 0.2) is 0 Å². The molecule has 0 radical (unpaired) electrons. The number of thioether (sulfide) groups is 1. The van der Waals surface area contributed by atoms with Gasteiger partial charge in [0, 0.05) is 30.6 Å². The molecule has 0 aliphatic heterocycles. The normalized spacial score (nSPS) is 12.5. The largest absolute Gasteiger partial charge is 0.392 e. The molecule has 1 aromatic heterocycles. The summed E-state index contributed by atoms with van der Waals surface area (Å²) in [5.74, 6) is 1.93. The number of aliphatic hydroxyl groups excluding tert-OH is 1. The average Bonchev–Trinajstić information content (AvgIpc) is 2.28. The quantitative estimate of drug-likeness (QED) is 0.830. The second-order valence-corrected chi connectivity index (χ2v) is 4.47. The molecule has 0 fully saturated rings. The first-order valence-electron chi connectivity index (χ1n) is 4.97. The molecule has 1 heterocycles. The first kappa shape index (κ1) is 12.3. The molecule has 1 N–H and O–H groups in total. The predicted octanol–water partition coefficient (Wildman–Crippen LogP) is 1.76. The van der Waals surface area contributed by atoms with E-state index >= 15 is 0 Å². The molecule has 4 heteroatoms. The highest BCUT2D eigenvalue weighted by Crippen LogP contribution is 2.18. The Labute approximate surface area is 95.5 Å². The van der Waals surface area contributed by atoms with Crippen LogP contribution < -0.4 is 4.90 Å². The molecule has 84 valence electrons. The lowest BCUT2D eigenvalue weighted by Crippen LogP contribution is -2.32. The number of aromatic nitrogens is 1. The van der Waals surface area contributed by atoms with Crippen molar-refractivity contribution in [3.8, 4) is 0 Å². The van der Waals surface area contributed by atoms with Crippen molar-refractivity contribution in [1.29, 1.82) is 0 Å². The van der Waals surface area contributed by atoms with Crippen LogP contribution in [0.2, 0.25) is 0 Å². The van der Waals surface area contributed by atoms with Crippen LogP contribution in [0.1, 0.15) is 12.5 Å². The zero-order valence-electron chi connectivity index (χ0n) is 9.47. The molecule has 0 aliphatic carbocycles. The second-order valence-electron chi connectivity index (χ2n) is 3.56. The average molecular weight is 226 g/mol. The number of hydrogen-bond donors (Lipinski definition) is 1. The third-order valence-corrected chi connectivity index (χ3v) is 3.26. The van der Waals surface area contributed by atoms with Crippen LogP contribution in [0.4, 0.5) is 5.82 Å². The minimum atomic E-state index is 0.0412. The van der Waals surface area contributed by atoms with Crippen molar-refractivity contribution in [2.24, 2.45) is 0 Å². The van der Waals surface area contributed by atoms with Crippen LogP contribution in [0.15, 0.2) is 18.3 Å². The van der Waals surface area contributed by atoms with Gasteiger partial charge in [-0.15, -0.1) is 0 Å². The topological polar surface area (TPSA) is 36.4 Å². The lowest BCUT2D eigenvalue weighted by atomic mass is 10.2. The monoisotopic (exact) mass is 226 g/mol. The first-order chi connectivity index (χ1) is 7.20. The van der Waals surface area contributed by atoms with Gasteiger partial charge in [0.25, 0.3) is 0 Å². The third kappa shape index (κ3) is 3.11. The van der Waals surface area contributed by atoms with Crippen LogP contribution in [0.3, 0.4) is 0 Å². The summed E-state index contributed by atoms with van der Waals surface area (Å²) in [5.41, 5.74) is 0.882. The van der Waals surface area contributed by atoms with Gasteiger partial charge in [-0.2, -0.15) is 11.8 Å². The Hall–Kier alpha value is -0.740. The number of anilines is 1. The molecule has 0 spiro atoms. The molecule has 3 nitrogen and oxygen atoms in total. The van der Waals surface area contributed by atoms with E-state index in [0.29, 0.717) is 6.04 Å². The molecule has 0 aliphatic rings. The van der Waals surface area contributed by atoms with Crippen molar-refractivity contribution in [3.63, 3.8) is 0 Å². The Morgan fingerprint density at radius 1 is 1.60 bits per heavy atom. The fourth-order valence-electron chi connectivity index (χ4n) is 1.43. The fraction of sp³-hybridized carbons (Fsp3) is 0.545. The van der Waals surface area contributed by atoms with Crippen molar-refractivity contribution in [2.45, 2.75) is 19.6 Å². The Bertz CT molecular complexity index is 306. The summed E-state index contributed by atoms with van der Waals surface area (Å²) < 4.78 is 0. The summed E-state index contributed by atoms with van der Waals surface area (Å²) in [6, 6.07) is 4.17. The molecule has 1 aromatic rings. The predicted molar refractivity (Wildman–Crippen MR) is 66.4 cm³/mol. The minimum Gasteiger partial charge on any atom is -0.392 e. The molecule has 0 saturated carbocycles. The Morgan fingerprint density at radius 3 is 2.93 bits per heavy atom. The first-order valence-corrected chi connectivity index (χ1v) is 6.36. The van der Waals surface area contributed by atoms with Crippen LogP contribution in [0.25, 0.3) is 0 Å². The number of nitrogens with zero attached hydrogens (tertiary/aromatic N) is 2. The van der Waals surface area contributed by atoms with Gasteiger partial charge in [0.05, 0.1) is 6.61 Å². The summed E-state index contributed by atoms with van der Waals surface area (Å²) >= 11 is 1.81. The lowest BCUT2D eigenvalue weighted by molar-refractivity contribution is 0.281. The van der Waals surface area contributed by atoms with E-state index in [9.17, 15) is 5.11 Å². The number of hydrogen-bond acceptors (Lipinski definition) is 4. The summed E-state index contributed by atoms with van der Waals surface area (Å²) in [4.78, 5) is 6.42. The number of pyridine rings is 1. The van der Waals surface area contributed by atoms with E-state index < -0.39 is 0 Å². The maximum Gasteiger partial charge on any atom is 0.134 e. The van der Waals surface area contributed by atoms with Gasteiger partial charge < -0.3 is 10.0 Å². The van der Waals surface area contributed by atoms with Crippen molar-refractivity contribution >= 4 is 17.6 Å². The maximum absolute atomic E-state index is 9.21. The van der Waals surface area contributed by atoms with Crippen molar-refractivity contribution in [3.05, 3.63) is 23.9 Å². The highest BCUT2D eigenvalue weighted by Gasteiger charge is 2.13. The van der Waals surface area contributed by atoms with E-state index in [-0.39, 0.29) is 6.61 Å². The highest BCUT2D eigenvalue weighted by atomic mass is 32.2. The van der Waals surface area contributed by atoms with E-state index in [0.717, 1.165) is 17.1 Å². The van der Waals surface area contributed by atoms with Crippen molar-refractivity contribution < 1.29 is 5.11 Å².